The van der Waals surface area contributed by atoms with Crippen molar-refractivity contribution in [3.8, 4) is 5.75 Å². The van der Waals surface area contributed by atoms with E-state index in [1.165, 1.54) is 24.1 Å². The van der Waals surface area contributed by atoms with E-state index in [1.807, 2.05) is 0 Å². The summed E-state index contributed by atoms with van der Waals surface area (Å²) in [5, 5.41) is 8.92. The number of carbonyl (C=O) groups excluding carboxylic acids is 1. The van der Waals surface area contributed by atoms with Crippen molar-refractivity contribution in [3.63, 3.8) is 0 Å². The number of fused-ring (bicyclic) bond motifs is 1. The Morgan fingerprint density at radius 3 is 3.00 bits per heavy atom. The van der Waals surface area contributed by atoms with E-state index >= 15 is 0 Å². The van der Waals surface area contributed by atoms with Crippen LogP contribution in [0.2, 0.25) is 0 Å². The van der Waals surface area contributed by atoms with Gasteiger partial charge in [0.2, 0.25) is 5.91 Å². The molecule has 0 spiro atoms. The van der Waals surface area contributed by atoms with Crippen molar-refractivity contribution >= 4 is 17.6 Å². The van der Waals surface area contributed by atoms with Crippen molar-refractivity contribution in [1.29, 1.82) is 0 Å². The summed E-state index contributed by atoms with van der Waals surface area (Å²) in [5.74, 6) is -0.758. The number of nitrogens with zero attached hydrogens (tertiary/aromatic N) is 1. The van der Waals surface area contributed by atoms with Crippen LogP contribution in [0.4, 0.5) is 5.69 Å². The second-order valence-corrected chi connectivity index (χ2v) is 3.83. The van der Waals surface area contributed by atoms with Crippen LogP contribution in [0.15, 0.2) is 18.2 Å². The molecule has 1 heterocycles. The van der Waals surface area contributed by atoms with Gasteiger partial charge in [0.1, 0.15) is 12.5 Å². The molecule has 0 atom stereocenters. The fourth-order valence-electron chi connectivity index (χ4n) is 1.77. The lowest BCUT2D eigenvalue weighted by Gasteiger charge is -2.20. The molecule has 0 aromatic heterocycles. The predicted molar refractivity (Wildman–Crippen MR) is 62.9 cm³/mol. The van der Waals surface area contributed by atoms with Crippen molar-refractivity contribution < 1.29 is 24.2 Å². The minimum atomic E-state index is -1.03. The quantitative estimate of drug-likeness (QED) is 0.870. The predicted octanol–water partition coefficient (Wildman–Crippen LogP) is 1.10. The Hall–Kier alpha value is -2.08. The van der Waals surface area contributed by atoms with Crippen LogP contribution in [-0.2, 0) is 9.53 Å². The monoisotopic (exact) mass is 251 g/mol. The normalized spacial score (nSPS) is 14.7. The van der Waals surface area contributed by atoms with Gasteiger partial charge in [0, 0.05) is 7.11 Å². The molecular weight excluding hydrogens is 238 g/mol. The molecule has 0 fully saturated rings. The van der Waals surface area contributed by atoms with Gasteiger partial charge in [-0.15, -0.1) is 0 Å². The Labute approximate surface area is 104 Å². The lowest BCUT2D eigenvalue weighted by molar-refractivity contribution is -0.119. The van der Waals surface area contributed by atoms with Gasteiger partial charge >= 0.3 is 5.97 Å². The van der Waals surface area contributed by atoms with Crippen LogP contribution in [0.1, 0.15) is 16.8 Å². The van der Waals surface area contributed by atoms with Crippen LogP contribution in [-0.4, -0.2) is 37.4 Å². The minimum Gasteiger partial charge on any atom is -0.491 e. The molecule has 0 saturated heterocycles. The summed E-state index contributed by atoms with van der Waals surface area (Å²) in [7, 11) is 1.49. The summed E-state index contributed by atoms with van der Waals surface area (Å²) >= 11 is 0. The number of amides is 1. The Morgan fingerprint density at radius 2 is 2.33 bits per heavy atom. The molecule has 1 N–H and O–H groups in total. The van der Waals surface area contributed by atoms with Gasteiger partial charge < -0.3 is 14.6 Å². The molecule has 1 aliphatic heterocycles. The van der Waals surface area contributed by atoms with E-state index in [9.17, 15) is 9.59 Å². The van der Waals surface area contributed by atoms with Crippen molar-refractivity contribution in [2.24, 2.45) is 0 Å². The molecule has 1 aliphatic rings. The van der Waals surface area contributed by atoms with E-state index in [1.54, 1.807) is 6.07 Å². The number of hydrogen-bond donors (Lipinski definition) is 1. The van der Waals surface area contributed by atoms with Crippen LogP contribution >= 0.6 is 0 Å². The van der Waals surface area contributed by atoms with Crippen LogP contribution < -0.4 is 9.64 Å². The van der Waals surface area contributed by atoms with E-state index in [4.69, 9.17) is 14.6 Å². The number of carboxylic acids is 1. The first kappa shape index (κ1) is 12.4. The highest BCUT2D eigenvalue weighted by atomic mass is 16.5. The summed E-state index contributed by atoms with van der Waals surface area (Å²) < 4.78 is 10.4. The number of carbonyl (C=O) groups is 2. The molecule has 0 aliphatic carbocycles. The molecule has 2 rings (SSSR count). The Morgan fingerprint density at radius 1 is 1.56 bits per heavy atom. The summed E-state index contributed by atoms with van der Waals surface area (Å²) in [4.78, 5) is 24.2. The maximum atomic E-state index is 11.8. The van der Waals surface area contributed by atoms with Gasteiger partial charge in [0.15, 0.2) is 0 Å². The first-order valence-electron chi connectivity index (χ1n) is 5.43. The first-order chi connectivity index (χ1) is 8.63. The van der Waals surface area contributed by atoms with Gasteiger partial charge in [0.05, 0.1) is 24.3 Å². The Bertz CT molecular complexity index is 485. The lowest BCUT2D eigenvalue weighted by Crippen LogP contribution is -2.32. The van der Waals surface area contributed by atoms with Crippen LogP contribution in [0.5, 0.6) is 5.75 Å². The van der Waals surface area contributed by atoms with E-state index in [0.29, 0.717) is 11.4 Å². The molecule has 18 heavy (non-hydrogen) atoms. The fraction of sp³-hybridized carbons (Fsp3) is 0.333. The summed E-state index contributed by atoms with van der Waals surface area (Å²) in [6.07, 6.45) is 0.237. The zero-order valence-electron chi connectivity index (χ0n) is 9.88. The van der Waals surface area contributed by atoms with E-state index in [0.717, 1.165) is 0 Å². The molecule has 1 aromatic rings. The molecule has 0 saturated carbocycles. The number of aromatic carboxylic acids is 1. The lowest BCUT2D eigenvalue weighted by atomic mass is 10.2. The minimum absolute atomic E-state index is 0.112. The zero-order chi connectivity index (χ0) is 13.1. The second-order valence-electron chi connectivity index (χ2n) is 3.83. The standard InChI is InChI=1S/C12H13NO5/c1-17-7-13-9-3-2-8(12(15)16)6-10(9)18-5-4-11(13)14/h2-3,6H,4-5,7H2,1H3,(H,15,16). The molecular formula is C12H13NO5. The Balaban J connectivity index is 2.43. The molecule has 0 bridgehead atoms. The van der Waals surface area contributed by atoms with Crippen LogP contribution in [0.3, 0.4) is 0 Å². The number of benzene rings is 1. The molecule has 96 valence electrons. The number of carboxylic acid groups (broad SMARTS) is 1. The van der Waals surface area contributed by atoms with Crippen LogP contribution in [0, 0.1) is 0 Å². The summed E-state index contributed by atoms with van der Waals surface area (Å²) in [6, 6.07) is 4.41. The summed E-state index contributed by atoms with van der Waals surface area (Å²) in [6.45, 7) is 0.344. The average molecular weight is 251 g/mol. The van der Waals surface area contributed by atoms with Crippen LogP contribution in [0.25, 0.3) is 0 Å². The molecule has 0 unspecified atom stereocenters. The topological polar surface area (TPSA) is 76.1 Å². The molecule has 0 radical (unpaired) electrons. The molecule has 1 aromatic carbocycles. The maximum Gasteiger partial charge on any atom is 0.335 e. The highest BCUT2D eigenvalue weighted by Gasteiger charge is 2.23. The highest BCUT2D eigenvalue weighted by molar-refractivity contribution is 5.97. The molecule has 6 heteroatoms. The van der Waals surface area contributed by atoms with Crippen molar-refractivity contribution in [2.45, 2.75) is 6.42 Å². The maximum absolute atomic E-state index is 11.8. The number of hydrogen-bond acceptors (Lipinski definition) is 4. The third kappa shape index (κ3) is 2.28. The molecule has 6 nitrogen and oxygen atoms in total. The van der Waals surface area contributed by atoms with Crippen molar-refractivity contribution in [1.82, 2.24) is 0 Å². The van der Waals surface area contributed by atoms with Crippen molar-refractivity contribution in [2.75, 3.05) is 25.3 Å². The average Bonchev–Trinajstić information content (AvgIpc) is 2.49. The third-order valence-corrected chi connectivity index (χ3v) is 2.63. The van der Waals surface area contributed by atoms with Gasteiger partial charge in [-0.25, -0.2) is 4.79 Å². The number of rotatable bonds is 3. The Kier molecular flexibility index (Phi) is 3.47. The van der Waals surface area contributed by atoms with E-state index in [-0.39, 0.29) is 31.2 Å². The fourth-order valence-corrected chi connectivity index (χ4v) is 1.77. The smallest absolute Gasteiger partial charge is 0.335 e. The van der Waals surface area contributed by atoms with Gasteiger partial charge in [-0.2, -0.15) is 0 Å². The number of methoxy groups -OCH3 is 1. The number of ether oxygens (including phenoxy) is 2. The zero-order valence-corrected chi connectivity index (χ0v) is 9.88. The largest absolute Gasteiger partial charge is 0.491 e. The second kappa shape index (κ2) is 5.05. The van der Waals surface area contributed by atoms with Gasteiger partial charge in [-0.05, 0) is 18.2 Å². The van der Waals surface area contributed by atoms with E-state index < -0.39 is 5.97 Å². The SMILES string of the molecule is COCN1C(=O)CCOc2cc(C(=O)O)ccc21. The van der Waals surface area contributed by atoms with Gasteiger partial charge in [-0.1, -0.05) is 0 Å². The van der Waals surface area contributed by atoms with E-state index in [2.05, 4.69) is 0 Å². The van der Waals surface area contributed by atoms with Crippen molar-refractivity contribution in [3.05, 3.63) is 23.8 Å². The summed E-state index contributed by atoms with van der Waals surface area (Å²) in [5.41, 5.74) is 0.657. The number of anilines is 1. The molecule has 1 amide bonds. The van der Waals surface area contributed by atoms with Gasteiger partial charge in [-0.3, -0.25) is 9.69 Å². The first-order valence-corrected chi connectivity index (χ1v) is 5.43. The third-order valence-electron chi connectivity index (χ3n) is 2.63. The van der Waals surface area contributed by atoms with Gasteiger partial charge in [0.25, 0.3) is 0 Å². The highest BCUT2D eigenvalue weighted by Crippen LogP contribution is 2.32.